The molecule has 1 aromatic heterocycles. The van der Waals surface area contributed by atoms with E-state index in [1.54, 1.807) is 0 Å². The molecule has 0 aliphatic heterocycles. The molecule has 1 aromatic rings. The number of Topliss-reactive ketones (excluding diaryl/α,β-unsaturated/α-hetero) is 1. The molecular formula is C7H7BrClNOS. The molecular weight excluding hydrogens is 262 g/mol. The largest absolute Gasteiger partial charge is 0.323 e. The van der Waals surface area contributed by atoms with E-state index in [1.165, 1.54) is 11.3 Å². The molecule has 1 aliphatic carbocycles. The summed E-state index contributed by atoms with van der Waals surface area (Å²) in [5.74, 6) is 0.175. The number of halogens is 2. The lowest BCUT2D eigenvalue weighted by Crippen LogP contribution is -2.05. The van der Waals surface area contributed by atoms with Gasteiger partial charge in [0, 0.05) is 29.0 Å². The van der Waals surface area contributed by atoms with E-state index >= 15 is 0 Å². The molecule has 0 amide bonds. The number of nitrogens with two attached hydrogens (primary N) is 1. The Bertz CT molecular complexity index is 325. The van der Waals surface area contributed by atoms with Gasteiger partial charge in [0.2, 0.25) is 0 Å². The summed E-state index contributed by atoms with van der Waals surface area (Å²) in [6.45, 7) is 0. The van der Waals surface area contributed by atoms with Crippen molar-refractivity contribution >= 4 is 45.5 Å². The van der Waals surface area contributed by atoms with Crippen LogP contribution in [0.2, 0.25) is 0 Å². The number of ketones is 1. The molecule has 0 spiro atoms. The highest BCUT2D eigenvalue weighted by Gasteiger charge is 2.29. The van der Waals surface area contributed by atoms with Gasteiger partial charge >= 0.3 is 0 Å². The van der Waals surface area contributed by atoms with E-state index in [0.717, 1.165) is 14.9 Å². The van der Waals surface area contributed by atoms with Crippen LogP contribution in [0.3, 0.4) is 0 Å². The Kier molecular flexibility index (Phi) is 2.93. The molecule has 0 saturated heterocycles. The summed E-state index contributed by atoms with van der Waals surface area (Å²) in [5, 5.41) is 1.87. The van der Waals surface area contributed by atoms with Gasteiger partial charge in [0.15, 0.2) is 5.78 Å². The standard InChI is InChI=1S/C7H6BrNOS.ClH/c8-7-6-3(2-11-7)5(10)1-4(6)9;/h2,4H,1,9H2;1H. The summed E-state index contributed by atoms with van der Waals surface area (Å²) < 4.78 is 1.01. The number of carbonyl (C=O) groups is 1. The van der Waals surface area contributed by atoms with Crippen molar-refractivity contribution in [2.75, 3.05) is 0 Å². The van der Waals surface area contributed by atoms with E-state index in [1.807, 2.05) is 5.38 Å². The zero-order valence-electron chi connectivity index (χ0n) is 6.04. The van der Waals surface area contributed by atoms with Crippen molar-refractivity contribution in [3.63, 3.8) is 0 Å². The van der Waals surface area contributed by atoms with E-state index in [-0.39, 0.29) is 24.2 Å². The molecule has 0 bridgehead atoms. The molecule has 66 valence electrons. The second-order valence-corrected chi connectivity index (χ2v) is 4.77. The lowest BCUT2D eigenvalue weighted by Gasteiger charge is -1.99. The predicted molar refractivity (Wildman–Crippen MR) is 55.1 cm³/mol. The van der Waals surface area contributed by atoms with Crippen molar-refractivity contribution in [2.24, 2.45) is 5.73 Å². The maximum atomic E-state index is 11.2. The van der Waals surface area contributed by atoms with Crippen LogP contribution in [0.5, 0.6) is 0 Å². The average Bonchev–Trinajstić information content (AvgIpc) is 2.41. The van der Waals surface area contributed by atoms with Crippen LogP contribution >= 0.6 is 39.7 Å². The molecule has 0 fully saturated rings. The Labute approximate surface area is 88.7 Å². The monoisotopic (exact) mass is 267 g/mol. The van der Waals surface area contributed by atoms with Crippen LogP contribution in [-0.4, -0.2) is 5.78 Å². The Morgan fingerprint density at radius 1 is 1.67 bits per heavy atom. The van der Waals surface area contributed by atoms with Crippen LogP contribution in [0.15, 0.2) is 9.17 Å². The third-order valence-electron chi connectivity index (χ3n) is 1.86. The fraction of sp³-hybridized carbons (Fsp3) is 0.286. The first kappa shape index (κ1) is 10.2. The van der Waals surface area contributed by atoms with Gasteiger partial charge in [-0.05, 0) is 15.9 Å². The summed E-state index contributed by atoms with van der Waals surface area (Å²) in [7, 11) is 0. The fourth-order valence-electron chi connectivity index (χ4n) is 1.32. The zero-order chi connectivity index (χ0) is 8.01. The number of hydrogen-bond acceptors (Lipinski definition) is 3. The fourth-order valence-corrected chi connectivity index (χ4v) is 2.97. The number of carbonyl (C=O) groups excluding carboxylic acids is 1. The van der Waals surface area contributed by atoms with Crippen molar-refractivity contribution in [1.82, 2.24) is 0 Å². The Morgan fingerprint density at radius 2 is 2.33 bits per heavy atom. The van der Waals surface area contributed by atoms with Crippen molar-refractivity contribution in [3.8, 4) is 0 Å². The van der Waals surface area contributed by atoms with Crippen molar-refractivity contribution in [2.45, 2.75) is 12.5 Å². The maximum absolute atomic E-state index is 11.2. The van der Waals surface area contributed by atoms with E-state index in [0.29, 0.717) is 6.42 Å². The average molecular weight is 269 g/mol. The van der Waals surface area contributed by atoms with Gasteiger partial charge in [0.1, 0.15) is 0 Å². The molecule has 1 unspecified atom stereocenters. The molecule has 0 saturated carbocycles. The van der Waals surface area contributed by atoms with E-state index in [9.17, 15) is 4.79 Å². The number of thiophene rings is 1. The molecule has 2 rings (SSSR count). The van der Waals surface area contributed by atoms with Gasteiger partial charge in [-0.1, -0.05) is 0 Å². The van der Waals surface area contributed by atoms with Crippen LogP contribution in [-0.2, 0) is 0 Å². The predicted octanol–water partition coefficient (Wildman–Crippen LogP) is 2.52. The Morgan fingerprint density at radius 3 is 2.92 bits per heavy atom. The van der Waals surface area contributed by atoms with Crippen molar-refractivity contribution in [3.05, 3.63) is 20.3 Å². The third-order valence-corrected chi connectivity index (χ3v) is 3.63. The molecule has 0 aromatic carbocycles. The van der Waals surface area contributed by atoms with Gasteiger partial charge in [0.25, 0.3) is 0 Å². The summed E-state index contributed by atoms with van der Waals surface area (Å²) in [5.41, 5.74) is 7.55. The van der Waals surface area contributed by atoms with Crippen molar-refractivity contribution in [1.29, 1.82) is 0 Å². The maximum Gasteiger partial charge on any atom is 0.165 e. The quantitative estimate of drug-likeness (QED) is 0.786. The van der Waals surface area contributed by atoms with Crippen LogP contribution in [0.1, 0.15) is 28.4 Å². The molecule has 5 heteroatoms. The summed E-state index contributed by atoms with van der Waals surface area (Å²) in [6, 6.07) is -0.0851. The topological polar surface area (TPSA) is 43.1 Å². The van der Waals surface area contributed by atoms with E-state index in [4.69, 9.17) is 5.73 Å². The first-order chi connectivity index (χ1) is 5.20. The number of hydrogen-bond donors (Lipinski definition) is 1. The van der Waals surface area contributed by atoms with E-state index in [2.05, 4.69) is 15.9 Å². The minimum absolute atomic E-state index is 0. The smallest absolute Gasteiger partial charge is 0.165 e. The molecule has 1 aliphatic rings. The summed E-state index contributed by atoms with van der Waals surface area (Å²) >= 11 is 4.90. The van der Waals surface area contributed by atoms with Gasteiger partial charge in [-0.25, -0.2) is 0 Å². The normalized spacial score (nSPS) is 20.5. The molecule has 2 nitrogen and oxygen atoms in total. The Balaban J connectivity index is 0.000000720. The number of fused-ring (bicyclic) bond motifs is 1. The summed E-state index contributed by atoms with van der Waals surface area (Å²) in [4.78, 5) is 11.2. The van der Waals surface area contributed by atoms with Crippen LogP contribution in [0.25, 0.3) is 0 Å². The lowest BCUT2D eigenvalue weighted by atomic mass is 10.2. The third kappa shape index (κ3) is 1.33. The molecule has 12 heavy (non-hydrogen) atoms. The van der Waals surface area contributed by atoms with Crippen LogP contribution in [0.4, 0.5) is 0 Å². The first-order valence-electron chi connectivity index (χ1n) is 3.26. The minimum Gasteiger partial charge on any atom is -0.323 e. The van der Waals surface area contributed by atoms with Gasteiger partial charge in [-0.15, -0.1) is 23.7 Å². The minimum atomic E-state index is -0.0851. The lowest BCUT2D eigenvalue weighted by molar-refractivity contribution is 0.0989. The highest BCUT2D eigenvalue weighted by molar-refractivity contribution is 9.11. The second-order valence-electron chi connectivity index (χ2n) is 2.57. The highest BCUT2D eigenvalue weighted by atomic mass is 79.9. The van der Waals surface area contributed by atoms with Gasteiger partial charge < -0.3 is 5.73 Å². The molecule has 2 N–H and O–H groups in total. The first-order valence-corrected chi connectivity index (χ1v) is 4.93. The summed E-state index contributed by atoms with van der Waals surface area (Å²) in [6.07, 6.45) is 0.469. The van der Waals surface area contributed by atoms with Crippen LogP contribution in [0, 0.1) is 0 Å². The SMILES string of the molecule is Cl.NC1CC(=O)c2csc(Br)c21. The second kappa shape index (κ2) is 3.46. The molecule has 0 radical (unpaired) electrons. The van der Waals surface area contributed by atoms with Gasteiger partial charge in [-0.2, -0.15) is 0 Å². The van der Waals surface area contributed by atoms with E-state index < -0.39 is 0 Å². The molecule has 1 atom stereocenters. The molecule has 1 heterocycles. The van der Waals surface area contributed by atoms with Gasteiger partial charge in [-0.3, -0.25) is 4.79 Å². The van der Waals surface area contributed by atoms with Crippen molar-refractivity contribution < 1.29 is 4.79 Å². The zero-order valence-corrected chi connectivity index (χ0v) is 9.26. The van der Waals surface area contributed by atoms with Gasteiger partial charge in [0.05, 0.1) is 3.79 Å². The van der Waals surface area contributed by atoms with Crippen LogP contribution < -0.4 is 5.73 Å². The Hall–Kier alpha value is 0.1000. The highest BCUT2D eigenvalue weighted by Crippen LogP contribution is 2.39. The number of rotatable bonds is 0.